The Labute approximate surface area is 109 Å². The third kappa shape index (κ3) is 4.21. The summed E-state index contributed by atoms with van der Waals surface area (Å²) < 4.78 is 15.4. The van der Waals surface area contributed by atoms with E-state index in [2.05, 4.69) is 15.0 Å². The van der Waals surface area contributed by atoms with Crippen LogP contribution in [-0.2, 0) is 25.5 Å². The standard InChI is InChI=1S/C10H16N4O5/c1-3-18-4-5-19-7(15)6-14-9(11)8(12-13-14)10(16)17-2/h3-6,11H2,1-2H3. The summed E-state index contributed by atoms with van der Waals surface area (Å²) in [6.45, 7) is 2.62. The number of nitrogens with zero attached hydrogens (tertiary/aromatic N) is 3. The average molecular weight is 272 g/mol. The third-order valence-corrected chi connectivity index (χ3v) is 2.13. The summed E-state index contributed by atoms with van der Waals surface area (Å²) in [5.41, 5.74) is 5.47. The van der Waals surface area contributed by atoms with Crippen molar-refractivity contribution in [3.63, 3.8) is 0 Å². The molecule has 0 saturated carbocycles. The summed E-state index contributed by atoms with van der Waals surface area (Å²) in [4.78, 5) is 22.7. The molecule has 0 atom stereocenters. The molecule has 9 nitrogen and oxygen atoms in total. The average Bonchev–Trinajstić information content (AvgIpc) is 2.75. The van der Waals surface area contributed by atoms with Crippen LogP contribution in [0.15, 0.2) is 0 Å². The summed E-state index contributed by atoms with van der Waals surface area (Å²) in [7, 11) is 1.20. The van der Waals surface area contributed by atoms with Crippen molar-refractivity contribution in [3.8, 4) is 0 Å². The summed E-state index contributed by atoms with van der Waals surface area (Å²) in [6.07, 6.45) is 0. The lowest BCUT2D eigenvalue weighted by atomic mass is 10.4. The molecule has 0 aromatic carbocycles. The molecule has 0 aliphatic heterocycles. The van der Waals surface area contributed by atoms with E-state index < -0.39 is 11.9 Å². The van der Waals surface area contributed by atoms with Gasteiger partial charge in [-0.1, -0.05) is 5.21 Å². The molecule has 0 unspecified atom stereocenters. The summed E-state index contributed by atoms with van der Waals surface area (Å²) in [6, 6.07) is 0. The van der Waals surface area contributed by atoms with E-state index in [1.165, 1.54) is 7.11 Å². The zero-order valence-electron chi connectivity index (χ0n) is 10.8. The van der Waals surface area contributed by atoms with Crippen molar-refractivity contribution < 1.29 is 23.8 Å². The van der Waals surface area contributed by atoms with Crippen LogP contribution in [-0.4, -0.2) is 53.9 Å². The molecule has 1 rings (SSSR count). The Morgan fingerprint density at radius 2 is 2.11 bits per heavy atom. The second kappa shape index (κ2) is 7.31. The SMILES string of the molecule is CCOCCOC(=O)Cn1nnc(C(=O)OC)c1N. The molecule has 1 aromatic heterocycles. The molecule has 0 saturated heterocycles. The number of hydrogen-bond acceptors (Lipinski definition) is 8. The van der Waals surface area contributed by atoms with Gasteiger partial charge in [-0.25, -0.2) is 9.48 Å². The van der Waals surface area contributed by atoms with Gasteiger partial charge in [-0.3, -0.25) is 4.79 Å². The van der Waals surface area contributed by atoms with Gasteiger partial charge in [-0.05, 0) is 6.92 Å². The van der Waals surface area contributed by atoms with Gasteiger partial charge in [0.2, 0.25) is 5.69 Å². The van der Waals surface area contributed by atoms with Gasteiger partial charge in [-0.15, -0.1) is 5.10 Å². The Morgan fingerprint density at radius 3 is 2.74 bits per heavy atom. The van der Waals surface area contributed by atoms with Crippen LogP contribution in [0.4, 0.5) is 5.82 Å². The number of aromatic nitrogens is 3. The fourth-order valence-electron chi connectivity index (χ4n) is 1.21. The van der Waals surface area contributed by atoms with Gasteiger partial charge < -0.3 is 19.9 Å². The van der Waals surface area contributed by atoms with E-state index >= 15 is 0 Å². The zero-order valence-corrected chi connectivity index (χ0v) is 10.8. The van der Waals surface area contributed by atoms with Crippen molar-refractivity contribution in [3.05, 3.63) is 5.69 Å². The second-order valence-corrected chi connectivity index (χ2v) is 3.39. The molecule has 0 bridgehead atoms. The smallest absolute Gasteiger partial charge is 0.362 e. The molecular weight excluding hydrogens is 256 g/mol. The molecule has 0 spiro atoms. The van der Waals surface area contributed by atoms with E-state index in [-0.39, 0.29) is 24.7 Å². The first-order valence-corrected chi connectivity index (χ1v) is 5.60. The van der Waals surface area contributed by atoms with E-state index in [0.29, 0.717) is 13.2 Å². The number of anilines is 1. The number of methoxy groups -OCH3 is 1. The number of carbonyl (C=O) groups is 2. The third-order valence-electron chi connectivity index (χ3n) is 2.13. The lowest BCUT2D eigenvalue weighted by Gasteiger charge is -2.05. The summed E-state index contributed by atoms with van der Waals surface area (Å²) in [5.74, 6) is -1.31. The fourth-order valence-corrected chi connectivity index (χ4v) is 1.21. The zero-order chi connectivity index (χ0) is 14.3. The van der Waals surface area contributed by atoms with Crippen LogP contribution in [0.3, 0.4) is 0 Å². The number of nitrogen functional groups attached to an aromatic ring is 1. The van der Waals surface area contributed by atoms with E-state index in [1.807, 2.05) is 6.92 Å². The lowest BCUT2D eigenvalue weighted by molar-refractivity contribution is -0.146. The molecule has 1 heterocycles. The first kappa shape index (κ1) is 14.9. The van der Waals surface area contributed by atoms with Crippen molar-refractivity contribution in [1.29, 1.82) is 0 Å². The maximum atomic E-state index is 11.4. The monoisotopic (exact) mass is 272 g/mol. The molecule has 0 aliphatic rings. The molecule has 106 valence electrons. The Bertz CT molecular complexity index is 445. The Hall–Kier alpha value is -2.16. The molecule has 0 amide bonds. The minimum atomic E-state index is -0.714. The van der Waals surface area contributed by atoms with E-state index in [9.17, 15) is 9.59 Å². The van der Waals surface area contributed by atoms with Crippen LogP contribution >= 0.6 is 0 Å². The Morgan fingerprint density at radius 1 is 1.37 bits per heavy atom. The molecule has 0 radical (unpaired) electrons. The number of hydrogen-bond donors (Lipinski definition) is 1. The van der Waals surface area contributed by atoms with Gasteiger partial charge in [0.15, 0.2) is 5.82 Å². The second-order valence-electron chi connectivity index (χ2n) is 3.39. The highest BCUT2D eigenvalue weighted by Crippen LogP contribution is 2.08. The topological polar surface area (TPSA) is 119 Å². The number of rotatable bonds is 7. The quantitative estimate of drug-likeness (QED) is 0.507. The maximum Gasteiger partial charge on any atom is 0.362 e. The van der Waals surface area contributed by atoms with Crippen LogP contribution in [0, 0.1) is 0 Å². The van der Waals surface area contributed by atoms with E-state index in [4.69, 9.17) is 15.2 Å². The van der Waals surface area contributed by atoms with Crippen LogP contribution < -0.4 is 5.73 Å². The van der Waals surface area contributed by atoms with E-state index in [0.717, 1.165) is 4.68 Å². The molecular formula is C10H16N4O5. The number of ether oxygens (including phenoxy) is 3. The lowest BCUT2D eigenvalue weighted by Crippen LogP contribution is -2.18. The molecule has 2 N–H and O–H groups in total. The predicted molar refractivity (Wildman–Crippen MR) is 63.2 cm³/mol. The van der Waals surface area contributed by atoms with Crippen LogP contribution in [0.2, 0.25) is 0 Å². The maximum absolute atomic E-state index is 11.4. The van der Waals surface area contributed by atoms with Gasteiger partial charge in [0, 0.05) is 6.61 Å². The van der Waals surface area contributed by atoms with Gasteiger partial charge in [0.05, 0.1) is 13.7 Å². The highest BCUT2D eigenvalue weighted by atomic mass is 16.6. The number of nitrogens with two attached hydrogens (primary N) is 1. The highest BCUT2D eigenvalue weighted by molar-refractivity contribution is 5.91. The summed E-state index contributed by atoms with van der Waals surface area (Å²) >= 11 is 0. The first-order valence-electron chi connectivity index (χ1n) is 5.60. The molecule has 19 heavy (non-hydrogen) atoms. The fraction of sp³-hybridized carbons (Fsp3) is 0.600. The van der Waals surface area contributed by atoms with Gasteiger partial charge in [-0.2, -0.15) is 0 Å². The first-order chi connectivity index (χ1) is 9.10. The molecule has 0 aliphatic carbocycles. The predicted octanol–water partition coefficient (Wildman–Crippen LogP) is -0.773. The molecule has 0 fully saturated rings. The minimum absolute atomic E-state index is 0.0476. The van der Waals surface area contributed by atoms with E-state index in [1.54, 1.807) is 0 Å². The minimum Gasteiger partial charge on any atom is -0.464 e. The van der Waals surface area contributed by atoms with Crippen molar-refractivity contribution in [2.75, 3.05) is 32.7 Å². The van der Waals surface area contributed by atoms with Crippen molar-refractivity contribution >= 4 is 17.8 Å². The normalized spacial score (nSPS) is 10.2. The van der Waals surface area contributed by atoms with Crippen molar-refractivity contribution in [2.45, 2.75) is 13.5 Å². The number of esters is 2. The van der Waals surface area contributed by atoms with Gasteiger partial charge in [0.1, 0.15) is 13.2 Å². The molecule has 9 heteroatoms. The summed E-state index contributed by atoms with van der Waals surface area (Å²) in [5, 5.41) is 7.11. The number of carbonyl (C=O) groups excluding carboxylic acids is 2. The van der Waals surface area contributed by atoms with Gasteiger partial charge >= 0.3 is 11.9 Å². The van der Waals surface area contributed by atoms with Crippen LogP contribution in [0.1, 0.15) is 17.4 Å². The Kier molecular flexibility index (Phi) is 5.73. The largest absolute Gasteiger partial charge is 0.464 e. The Balaban J connectivity index is 2.51. The molecule has 1 aromatic rings. The van der Waals surface area contributed by atoms with Crippen LogP contribution in [0.5, 0.6) is 0 Å². The highest BCUT2D eigenvalue weighted by Gasteiger charge is 2.19. The van der Waals surface area contributed by atoms with Crippen molar-refractivity contribution in [1.82, 2.24) is 15.0 Å². The van der Waals surface area contributed by atoms with Crippen molar-refractivity contribution in [2.24, 2.45) is 0 Å². The van der Waals surface area contributed by atoms with Crippen LogP contribution in [0.25, 0.3) is 0 Å². The van der Waals surface area contributed by atoms with Gasteiger partial charge in [0.25, 0.3) is 0 Å².